The van der Waals surface area contributed by atoms with Gasteiger partial charge in [0.25, 0.3) is 0 Å². The van der Waals surface area contributed by atoms with Gasteiger partial charge in [0.1, 0.15) is 5.76 Å². The zero-order chi connectivity index (χ0) is 25.0. The Labute approximate surface area is 203 Å². The van der Waals surface area contributed by atoms with Crippen molar-refractivity contribution < 1.29 is 32.2 Å². The highest BCUT2D eigenvalue weighted by Gasteiger charge is 2.40. The summed E-state index contributed by atoms with van der Waals surface area (Å²) in [5, 5.41) is 3.27. The third-order valence-electron chi connectivity index (χ3n) is 5.20. The molecule has 0 radical (unpaired) electrons. The largest absolute Gasteiger partial charge is 0.514 e. The molecule has 2 atom stereocenters. The molecule has 0 spiro atoms. The molecule has 0 aliphatic carbocycles. The van der Waals surface area contributed by atoms with Gasteiger partial charge in [-0.3, -0.25) is 0 Å². The van der Waals surface area contributed by atoms with Crippen molar-refractivity contribution in [1.82, 2.24) is 5.32 Å². The first-order valence-electron chi connectivity index (χ1n) is 10.3. The van der Waals surface area contributed by atoms with Gasteiger partial charge in [-0.05, 0) is 44.5 Å². The van der Waals surface area contributed by atoms with E-state index < -0.39 is 34.0 Å². The summed E-state index contributed by atoms with van der Waals surface area (Å²) in [6.45, 7) is 4.58. The molecule has 8 nitrogen and oxygen atoms in total. The number of nitrogens with one attached hydrogen (secondary N) is 1. The summed E-state index contributed by atoms with van der Waals surface area (Å²) in [6, 6.07) is 14.6. The minimum absolute atomic E-state index is 0.0183. The van der Waals surface area contributed by atoms with Crippen LogP contribution in [0.3, 0.4) is 0 Å². The number of rotatable bonds is 6. The summed E-state index contributed by atoms with van der Waals surface area (Å²) in [4.78, 5) is 24.2. The Bertz CT molecular complexity index is 1270. The molecule has 1 heterocycles. The Hall–Kier alpha value is -3.30. The van der Waals surface area contributed by atoms with E-state index in [1.807, 2.05) is 0 Å². The van der Waals surface area contributed by atoms with Crippen LogP contribution in [0.1, 0.15) is 32.3 Å². The number of ether oxygens (including phenoxy) is 3. The average molecular weight is 506 g/mol. The predicted molar refractivity (Wildman–Crippen MR) is 125 cm³/mol. The van der Waals surface area contributed by atoms with Crippen molar-refractivity contribution >= 4 is 33.6 Å². The third-order valence-corrected chi connectivity index (χ3v) is 7.56. The summed E-state index contributed by atoms with van der Waals surface area (Å²) < 4.78 is 42.5. The van der Waals surface area contributed by atoms with Crippen molar-refractivity contribution in [2.45, 2.75) is 37.7 Å². The highest BCUT2D eigenvalue weighted by Crippen LogP contribution is 2.45. The summed E-state index contributed by atoms with van der Waals surface area (Å²) in [6.07, 6.45) is -2.42. The topological polar surface area (TPSA) is 108 Å². The molecule has 1 aliphatic heterocycles. The van der Waals surface area contributed by atoms with Gasteiger partial charge in [-0.2, -0.15) is 0 Å². The minimum atomic E-state index is -4.04. The van der Waals surface area contributed by atoms with Crippen LogP contribution in [-0.4, -0.2) is 33.8 Å². The zero-order valence-corrected chi connectivity index (χ0v) is 20.6. The Balaban J connectivity index is 2.12. The van der Waals surface area contributed by atoms with E-state index >= 15 is 0 Å². The molecular weight excluding hydrogens is 482 g/mol. The third kappa shape index (κ3) is 5.10. The Morgan fingerprint density at radius 1 is 1.00 bits per heavy atom. The number of allylic oxidation sites excluding steroid dienone is 3. The van der Waals surface area contributed by atoms with Crippen LogP contribution < -0.4 is 5.32 Å². The predicted octanol–water partition coefficient (Wildman–Crippen LogP) is 4.68. The molecule has 34 heavy (non-hydrogen) atoms. The van der Waals surface area contributed by atoms with Crippen LogP contribution in [-0.2, 0) is 28.8 Å². The van der Waals surface area contributed by atoms with Crippen LogP contribution in [0.25, 0.3) is 0 Å². The first-order chi connectivity index (χ1) is 16.1. The van der Waals surface area contributed by atoms with Crippen LogP contribution in [0.2, 0.25) is 5.02 Å². The normalized spacial score (nSPS) is 17.0. The smallest absolute Gasteiger partial charge is 0.466 e. The second kappa shape index (κ2) is 10.3. The number of hydrogen-bond donors (Lipinski definition) is 1. The van der Waals surface area contributed by atoms with E-state index in [1.54, 1.807) is 56.3 Å². The van der Waals surface area contributed by atoms with Crippen molar-refractivity contribution in [2.75, 3.05) is 7.11 Å². The fourth-order valence-electron chi connectivity index (χ4n) is 3.64. The number of sulfone groups is 1. The van der Waals surface area contributed by atoms with Gasteiger partial charge < -0.3 is 19.5 Å². The molecule has 0 saturated heterocycles. The molecule has 0 bridgehead atoms. The van der Waals surface area contributed by atoms with Crippen molar-refractivity contribution in [3.05, 3.63) is 87.2 Å². The van der Waals surface area contributed by atoms with Crippen molar-refractivity contribution in [3.8, 4) is 0 Å². The van der Waals surface area contributed by atoms with E-state index in [1.165, 1.54) is 19.1 Å². The standard InChI is InChI=1S/C24H24ClNO7S/c1-14-21(33-24(28)32-16(3)23(27)31-4)20(18-12-8-9-13-19(18)25)22(15(2)26-14)34(29,30)17-10-6-5-7-11-17/h5-13,16,20,26H,1-4H3. The molecule has 1 aliphatic rings. The Morgan fingerprint density at radius 2 is 1.62 bits per heavy atom. The second-order valence-electron chi connectivity index (χ2n) is 7.51. The van der Waals surface area contributed by atoms with Crippen LogP contribution in [0.4, 0.5) is 4.79 Å². The lowest BCUT2D eigenvalue weighted by Crippen LogP contribution is -2.32. The fourth-order valence-corrected chi connectivity index (χ4v) is 5.65. The lowest BCUT2D eigenvalue weighted by atomic mass is 9.92. The van der Waals surface area contributed by atoms with Crippen LogP contribution in [0.15, 0.2) is 81.6 Å². The SMILES string of the molecule is COC(=O)C(C)OC(=O)OC1=C(C)NC(C)=C(S(=O)(=O)c2ccccc2)C1c1ccccc1Cl. The minimum Gasteiger partial charge on any atom is -0.466 e. The van der Waals surface area contributed by atoms with Crippen molar-refractivity contribution in [1.29, 1.82) is 0 Å². The van der Waals surface area contributed by atoms with Crippen molar-refractivity contribution in [2.24, 2.45) is 0 Å². The average Bonchev–Trinajstić information content (AvgIpc) is 2.80. The highest BCUT2D eigenvalue weighted by molar-refractivity contribution is 7.95. The number of carbonyl (C=O) groups excluding carboxylic acids is 2. The zero-order valence-electron chi connectivity index (χ0n) is 19.0. The summed E-state index contributed by atoms with van der Waals surface area (Å²) in [5.74, 6) is -1.84. The molecule has 3 rings (SSSR count). The molecule has 0 fully saturated rings. The van der Waals surface area contributed by atoms with E-state index in [4.69, 9.17) is 21.1 Å². The van der Waals surface area contributed by atoms with Gasteiger partial charge in [-0.25, -0.2) is 18.0 Å². The van der Waals surface area contributed by atoms with Gasteiger partial charge in [0.2, 0.25) is 9.84 Å². The van der Waals surface area contributed by atoms with E-state index in [-0.39, 0.29) is 20.6 Å². The number of esters is 1. The lowest BCUT2D eigenvalue weighted by Gasteiger charge is -2.31. The number of dihydropyridines is 1. The highest BCUT2D eigenvalue weighted by atomic mass is 35.5. The van der Waals surface area contributed by atoms with E-state index in [0.717, 1.165) is 7.11 Å². The van der Waals surface area contributed by atoms with Gasteiger partial charge >= 0.3 is 12.1 Å². The molecule has 0 amide bonds. The Kier molecular flexibility index (Phi) is 7.68. The van der Waals surface area contributed by atoms with Gasteiger partial charge in [0.05, 0.1) is 28.5 Å². The van der Waals surface area contributed by atoms with Crippen LogP contribution in [0.5, 0.6) is 0 Å². The van der Waals surface area contributed by atoms with Gasteiger partial charge in [0.15, 0.2) is 6.10 Å². The summed E-state index contributed by atoms with van der Waals surface area (Å²) in [7, 11) is -2.88. The summed E-state index contributed by atoms with van der Waals surface area (Å²) in [5.41, 5.74) is 1.16. The lowest BCUT2D eigenvalue weighted by molar-refractivity contribution is -0.150. The Morgan fingerprint density at radius 3 is 2.24 bits per heavy atom. The molecule has 180 valence electrons. The molecule has 2 aromatic carbocycles. The molecule has 2 unspecified atom stereocenters. The molecule has 0 saturated carbocycles. The molecule has 0 aromatic heterocycles. The quantitative estimate of drug-likeness (QED) is 0.564. The number of halogens is 1. The monoisotopic (exact) mass is 505 g/mol. The maximum atomic E-state index is 13.7. The number of benzene rings is 2. The molecular formula is C24H24ClNO7S. The van der Waals surface area contributed by atoms with Gasteiger partial charge in [-0.15, -0.1) is 0 Å². The number of carbonyl (C=O) groups is 2. The molecule has 2 aromatic rings. The molecule has 1 N–H and O–H groups in total. The van der Waals surface area contributed by atoms with Crippen molar-refractivity contribution in [3.63, 3.8) is 0 Å². The second-order valence-corrected chi connectivity index (χ2v) is 9.84. The van der Waals surface area contributed by atoms with Gasteiger partial charge in [-0.1, -0.05) is 48.0 Å². The van der Waals surface area contributed by atoms with E-state index in [9.17, 15) is 18.0 Å². The maximum absolute atomic E-state index is 13.7. The summed E-state index contributed by atoms with van der Waals surface area (Å²) >= 11 is 6.47. The number of methoxy groups -OCH3 is 1. The first kappa shape index (κ1) is 25.3. The first-order valence-corrected chi connectivity index (χ1v) is 12.1. The van der Waals surface area contributed by atoms with Crippen LogP contribution in [0, 0.1) is 0 Å². The number of hydrogen-bond acceptors (Lipinski definition) is 8. The maximum Gasteiger partial charge on any atom is 0.514 e. The van der Waals surface area contributed by atoms with Gasteiger partial charge in [0, 0.05) is 10.7 Å². The molecule has 10 heteroatoms. The van der Waals surface area contributed by atoms with E-state index in [0.29, 0.717) is 17.0 Å². The fraction of sp³-hybridized carbons (Fsp3) is 0.250. The van der Waals surface area contributed by atoms with Crippen LogP contribution >= 0.6 is 11.6 Å². The van der Waals surface area contributed by atoms with E-state index in [2.05, 4.69) is 10.1 Å².